The number of nitrogens with one attached hydrogen (secondary N) is 1. The van der Waals surface area contributed by atoms with Crippen LogP contribution < -0.4 is 10.1 Å². The maximum Gasteiger partial charge on any atom is 0.341 e. The van der Waals surface area contributed by atoms with E-state index in [2.05, 4.69) is 19.2 Å². The van der Waals surface area contributed by atoms with Gasteiger partial charge in [-0.3, -0.25) is 4.79 Å². The van der Waals surface area contributed by atoms with Crippen LogP contribution in [0.5, 0.6) is 5.75 Å². The molecule has 28 heavy (non-hydrogen) atoms. The van der Waals surface area contributed by atoms with E-state index >= 15 is 0 Å². The second-order valence-corrected chi connectivity index (χ2v) is 7.49. The van der Waals surface area contributed by atoms with Gasteiger partial charge >= 0.3 is 5.97 Å². The van der Waals surface area contributed by atoms with Crippen LogP contribution in [0.3, 0.4) is 0 Å². The first-order valence-electron chi connectivity index (χ1n) is 10.3. The summed E-state index contributed by atoms with van der Waals surface area (Å²) >= 11 is 0. The molecule has 6 nitrogen and oxygen atoms in total. The molecule has 1 amide bonds. The number of anilines is 1. The van der Waals surface area contributed by atoms with Crippen molar-refractivity contribution in [2.45, 2.75) is 64.9 Å². The van der Waals surface area contributed by atoms with Gasteiger partial charge in [-0.05, 0) is 56.7 Å². The number of unbranched alkanes of at least 4 members (excludes halogenated alkanes) is 1. The summed E-state index contributed by atoms with van der Waals surface area (Å²) in [5, 5.41) is 2.93. The molecule has 0 heterocycles. The van der Waals surface area contributed by atoms with Crippen LogP contribution in [0.25, 0.3) is 0 Å². The van der Waals surface area contributed by atoms with Crippen molar-refractivity contribution in [3.05, 3.63) is 23.8 Å². The van der Waals surface area contributed by atoms with Gasteiger partial charge in [0, 0.05) is 12.8 Å². The maximum absolute atomic E-state index is 13.0. The molecule has 0 aliphatic heterocycles. The summed E-state index contributed by atoms with van der Waals surface area (Å²) < 4.78 is 16.5. The number of carbonyl (C=O) groups is 2. The van der Waals surface area contributed by atoms with Gasteiger partial charge in [0.15, 0.2) is 0 Å². The van der Waals surface area contributed by atoms with E-state index in [-0.39, 0.29) is 12.5 Å². The molecule has 0 aromatic heterocycles. The Hall–Kier alpha value is -2.08. The number of carbonyl (C=O) groups excluding carboxylic acids is 2. The third-order valence-corrected chi connectivity index (χ3v) is 5.25. The highest BCUT2D eigenvalue weighted by Gasteiger charge is 2.42. The van der Waals surface area contributed by atoms with Gasteiger partial charge in [-0.25, -0.2) is 4.79 Å². The standard InChI is InChI=1S/C22H33NO5/c1-5-7-13-28-19-11-10-17(14-18(19)20(24)27-6-2)23-21(25)22(26-4)12-8-9-16(3)15-22/h10-11,14,16H,5-9,12-13,15H2,1-4H3,(H,23,25)/t16-,22-/m0/s1. The zero-order valence-corrected chi connectivity index (χ0v) is 17.5. The normalized spacial score (nSPS) is 21.8. The number of esters is 1. The largest absolute Gasteiger partial charge is 0.493 e. The van der Waals surface area contributed by atoms with E-state index in [0.29, 0.717) is 42.4 Å². The molecule has 6 heteroatoms. The molecule has 1 saturated carbocycles. The second kappa shape index (κ2) is 10.5. The molecule has 1 N–H and O–H groups in total. The van der Waals surface area contributed by atoms with Crippen LogP contribution in [-0.4, -0.2) is 37.8 Å². The average molecular weight is 392 g/mol. The Morgan fingerprint density at radius 3 is 2.71 bits per heavy atom. The van der Waals surface area contributed by atoms with Crippen molar-refractivity contribution in [3.63, 3.8) is 0 Å². The summed E-state index contributed by atoms with van der Waals surface area (Å²) in [6.45, 7) is 6.77. The zero-order valence-electron chi connectivity index (χ0n) is 17.5. The van der Waals surface area contributed by atoms with Crippen molar-refractivity contribution < 1.29 is 23.8 Å². The molecule has 0 unspecified atom stereocenters. The summed E-state index contributed by atoms with van der Waals surface area (Å²) in [6.07, 6.45) is 5.35. The predicted octanol–water partition coefficient (Wildman–Crippen LogP) is 4.58. The second-order valence-electron chi connectivity index (χ2n) is 7.49. The van der Waals surface area contributed by atoms with Gasteiger partial charge in [0.25, 0.3) is 5.91 Å². The summed E-state index contributed by atoms with van der Waals surface area (Å²) in [6, 6.07) is 5.07. The number of rotatable bonds is 9. The SMILES string of the molecule is CCCCOc1ccc(NC(=O)[C@]2(OC)CCC[C@H](C)C2)cc1C(=O)OCC. The molecule has 0 bridgehead atoms. The Balaban J connectivity index is 2.21. The lowest BCUT2D eigenvalue weighted by Gasteiger charge is -2.37. The van der Waals surface area contributed by atoms with E-state index in [9.17, 15) is 9.59 Å². The number of methoxy groups -OCH3 is 1. The highest BCUT2D eigenvalue weighted by Crippen LogP contribution is 2.36. The Kier molecular flexibility index (Phi) is 8.30. The van der Waals surface area contributed by atoms with Crippen LogP contribution in [0.15, 0.2) is 18.2 Å². The first kappa shape index (κ1) is 22.2. The van der Waals surface area contributed by atoms with Gasteiger partial charge in [-0.1, -0.05) is 26.7 Å². The van der Waals surface area contributed by atoms with Crippen LogP contribution in [0.1, 0.15) is 69.7 Å². The lowest BCUT2D eigenvalue weighted by atomic mass is 9.78. The molecule has 0 spiro atoms. The van der Waals surface area contributed by atoms with Crippen molar-refractivity contribution in [1.29, 1.82) is 0 Å². The molecule has 156 valence electrons. The third-order valence-electron chi connectivity index (χ3n) is 5.25. The fraction of sp³-hybridized carbons (Fsp3) is 0.636. The van der Waals surface area contributed by atoms with E-state index in [1.165, 1.54) is 0 Å². The monoisotopic (exact) mass is 391 g/mol. The first-order chi connectivity index (χ1) is 13.5. The van der Waals surface area contributed by atoms with Gasteiger partial charge < -0.3 is 19.5 Å². The Morgan fingerprint density at radius 1 is 1.29 bits per heavy atom. The molecule has 1 aromatic carbocycles. The van der Waals surface area contributed by atoms with Crippen LogP contribution in [-0.2, 0) is 14.3 Å². The molecule has 1 aliphatic rings. The lowest BCUT2D eigenvalue weighted by Crippen LogP contribution is -2.47. The minimum atomic E-state index is -0.821. The summed E-state index contributed by atoms with van der Waals surface area (Å²) in [5.41, 5.74) is 0.0303. The minimum Gasteiger partial charge on any atom is -0.493 e. The molecule has 0 saturated heterocycles. The van der Waals surface area contributed by atoms with Crippen molar-refractivity contribution in [2.75, 3.05) is 25.6 Å². The van der Waals surface area contributed by atoms with Gasteiger partial charge in [-0.15, -0.1) is 0 Å². The molecule has 0 radical (unpaired) electrons. The van der Waals surface area contributed by atoms with Crippen molar-refractivity contribution in [2.24, 2.45) is 5.92 Å². The van der Waals surface area contributed by atoms with Gasteiger partial charge in [0.1, 0.15) is 16.9 Å². The van der Waals surface area contributed by atoms with Crippen LogP contribution in [0.2, 0.25) is 0 Å². The highest BCUT2D eigenvalue weighted by molar-refractivity contribution is 5.99. The minimum absolute atomic E-state index is 0.170. The summed E-state index contributed by atoms with van der Waals surface area (Å²) in [5.74, 6) is 0.273. The van der Waals surface area contributed by atoms with Crippen LogP contribution >= 0.6 is 0 Å². The van der Waals surface area contributed by atoms with E-state index in [4.69, 9.17) is 14.2 Å². The number of hydrogen-bond acceptors (Lipinski definition) is 5. The first-order valence-corrected chi connectivity index (χ1v) is 10.3. The summed E-state index contributed by atoms with van der Waals surface area (Å²) in [7, 11) is 1.59. The average Bonchev–Trinajstić information content (AvgIpc) is 2.69. The zero-order chi connectivity index (χ0) is 20.6. The van der Waals surface area contributed by atoms with Gasteiger partial charge in [0.05, 0.1) is 13.2 Å². The van der Waals surface area contributed by atoms with Crippen molar-refractivity contribution in [3.8, 4) is 5.75 Å². The molecule has 1 aromatic rings. The fourth-order valence-electron chi connectivity index (χ4n) is 3.66. The van der Waals surface area contributed by atoms with Crippen LogP contribution in [0, 0.1) is 5.92 Å². The topological polar surface area (TPSA) is 73.9 Å². The Bertz CT molecular complexity index is 675. The lowest BCUT2D eigenvalue weighted by molar-refractivity contribution is -0.143. The van der Waals surface area contributed by atoms with Crippen LogP contribution in [0.4, 0.5) is 5.69 Å². The Morgan fingerprint density at radius 2 is 2.07 bits per heavy atom. The molecule has 2 atom stereocenters. The van der Waals surface area contributed by atoms with Crippen molar-refractivity contribution in [1.82, 2.24) is 0 Å². The maximum atomic E-state index is 13.0. The third kappa shape index (κ3) is 5.47. The number of benzene rings is 1. The molecular weight excluding hydrogens is 358 g/mol. The number of hydrogen-bond donors (Lipinski definition) is 1. The van der Waals surface area contributed by atoms with Gasteiger partial charge in [-0.2, -0.15) is 0 Å². The number of amides is 1. The van der Waals surface area contributed by atoms with E-state index < -0.39 is 11.6 Å². The molecule has 1 fully saturated rings. The smallest absolute Gasteiger partial charge is 0.341 e. The quantitative estimate of drug-likeness (QED) is 0.493. The van der Waals surface area contributed by atoms with E-state index in [0.717, 1.165) is 25.7 Å². The molecule has 2 rings (SSSR count). The fourth-order valence-corrected chi connectivity index (χ4v) is 3.66. The van der Waals surface area contributed by atoms with E-state index in [1.807, 2.05) is 0 Å². The highest BCUT2D eigenvalue weighted by atomic mass is 16.5. The molecule has 1 aliphatic carbocycles. The number of ether oxygens (including phenoxy) is 3. The Labute approximate surface area is 167 Å². The predicted molar refractivity (Wildman–Crippen MR) is 109 cm³/mol. The van der Waals surface area contributed by atoms with E-state index in [1.54, 1.807) is 32.2 Å². The molecular formula is C22H33NO5. The van der Waals surface area contributed by atoms with Crippen molar-refractivity contribution >= 4 is 17.6 Å². The van der Waals surface area contributed by atoms with Gasteiger partial charge in [0.2, 0.25) is 0 Å². The summed E-state index contributed by atoms with van der Waals surface area (Å²) in [4.78, 5) is 25.3.